The van der Waals surface area contributed by atoms with Crippen molar-refractivity contribution in [3.63, 3.8) is 0 Å². The van der Waals surface area contributed by atoms with Crippen LogP contribution in [0.5, 0.6) is 0 Å². The summed E-state index contributed by atoms with van der Waals surface area (Å²) in [5.41, 5.74) is 6.15. The first kappa shape index (κ1) is 15.8. The number of aliphatic hydroxyl groups is 1. The number of hydrogen-bond acceptors (Lipinski definition) is 3. The lowest BCUT2D eigenvalue weighted by atomic mass is 9.72. The molecule has 0 bridgehead atoms. The van der Waals surface area contributed by atoms with Crippen LogP contribution in [0.4, 0.5) is 0 Å². The van der Waals surface area contributed by atoms with Gasteiger partial charge in [-0.15, -0.1) is 0 Å². The van der Waals surface area contributed by atoms with Crippen LogP contribution in [-0.4, -0.2) is 41.1 Å². The first-order valence-corrected chi connectivity index (χ1v) is 8.12. The molecule has 2 aliphatic rings. The largest absolute Gasteiger partial charge is 0.391 e. The fraction of sp³-hybridized carbons (Fsp3) is 0.938. The monoisotopic (exact) mass is 282 g/mol. The second-order valence-corrected chi connectivity index (χ2v) is 7.06. The molecular weight excluding hydrogens is 252 g/mol. The third kappa shape index (κ3) is 3.17. The van der Waals surface area contributed by atoms with Crippen LogP contribution >= 0.6 is 0 Å². The minimum atomic E-state index is -0.357. The highest BCUT2D eigenvalue weighted by Gasteiger charge is 2.39. The number of hydrogen-bond donors (Lipinski definition) is 2. The Balaban J connectivity index is 2.02. The zero-order valence-electron chi connectivity index (χ0n) is 13.1. The quantitative estimate of drug-likeness (QED) is 0.811. The molecule has 0 saturated heterocycles. The third-order valence-electron chi connectivity index (χ3n) is 5.54. The molecule has 0 aromatic carbocycles. The predicted molar refractivity (Wildman–Crippen MR) is 80.1 cm³/mol. The van der Waals surface area contributed by atoms with E-state index in [1.807, 2.05) is 11.9 Å². The van der Waals surface area contributed by atoms with Gasteiger partial charge in [0.2, 0.25) is 5.91 Å². The van der Waals surface area contributed by atoms with E-state index in [9.17, 15) is 9.90 Å². The molecule has 4 heteroatoms. The maximum absolute atomic E-state index is 12.8. The fourth-order valence-corrected chi connectivity index (χ4v) is 4.00. The maximum Gasteiger partial charge on any atom is 0.226 e. The van der Waals surface area contributed by atoms with Gasteiger partial charge in [0.15, 0.2) is 0 Å². The molecule has 2 aliphatic carbocycles. The summed E-state index contributed by atoms with van der Waals surface area (Å²) < 4.78 is 0. The Labute approximate surface area is 122 Å². The number of carbonyl (C=O) groups is 1. The van der Waals surface area contributed by atoms with Crippen molar-refractivity contribution in [3.8, 4) is 0 Å². The van der Waals surface area contributed by atoms with Crippen molar-refractivity contribution in [2.24, 2.45) is 23.5 Å². The van der Waals surface area contributed by atoms with Crippen molar-refractivity contribution in [2.45, 2.75) is 70.6 Å². The Morgan fingerprint density at radius 3 is 2.45 bits per heavy atom. The van der Waals surface area contributed by atoms with Gasteiger partial charge >= 0.3 is 0 Å². The zero-order valence-corrected chi connectivity index (χ0v) is 13.1. The van der Waals surface area contributed by atoms with E-state index < -0.39 is 0 Å². The number of likely N-dealkylation sites (N-methyl/N-ethyl adjacent to an activating group) is 1. The molecular formula is C16H30N2O2. The summed E-state index contributed by atoms with van der Waals surface area (Å²) in [4.78, 5) is 14.6. The van der Waals surface area contributed by atoms with Gasteiger partial charge in [-0.2, -0.15) is 0 Å². The zero-order chi connectivity index (χ0) is 14.9. The molecule has 4 nitrogen and oxygen atoms in total. The summed E-state index contributed by atoms with van der Waals surface area (Å²) in [6.07, 6.45) is 5.38. The topological polar surface area (TPSA) is 66.6 Å². The highest BCUT2D eigenvalue weighted by Crippen LogP contribution is 2.35. The molecule has 20 heavy (non-hydrogen) atoms. The number of aliphatic hydroxyl groups excluding tert-OH is 1. The first-order valence-electron chi connectivity index (χ1n) is 8.12. The summed E-state index contributed by atoms with van der Waals surface area (Å²) in [5, 5.41) is 10.1. The smallest absolute Gasteiger partial charge is 0.226 e. The summed E-state index contributed by atoms with van der Waals surface area (Å²) in [7, 11) is 1.86. The molecule has 116 valence electrons. The summed E-state index contributed by atoms with van der Waals surface area (Å²) in [5.74, 6) is 1.10. The van der Waals surface area contributed by atoms with Crippen LogP contribution in [0, 0.1) is 17.8 Å². The van der Waals surface area contributed by atoms with Crippen molar-refractivity contribution < 1.29 is 9.90 Å². The Morgan fingerprint density at radius 2 is 1.80 bits per heavy atom. The fourth-order valence-electron chi connectivity index (χ4n) is 4.00. The summed E-state index contributed by atoms with van der Waals surface area (Å²) in [6, 6.07) is 0.129. The highest BCUT2D eigenvalue weighted by atomic mass is 16.3. The molecule has 1 amide bonds. The molecule has 0 spiro atoms. The normalized spacial score (nSPS) is 42.2. The Hall–Kier alpha value is -0.610. The van der Waals surface area contributed by atoms with Crippen LogP contribution in [0.25, 0.3) is 0 Å². The van der Waals surface area contributed by atoms with Crippen molar-refractivity contribution in [2.75, 3.05) is 7.05 Å². The molecule has 3 N–H and O–H groups in total. The van der Waals surface area contributed by atoms with E-state index in [0.29, 0.717) is 11.8 Å². The second-order valence-electron chi connectivity index (χ2n) is 7.06. The average molecular weight is 282 g/mol. The summed E-state index contributed by atoms with van der Waals surface area (Å²) in [6.45, 7) is 4.34. The molecule has 0 aromatic heterocycles. The Morgan fingerprint density at radius 1 is 1.15 bits per heavy atom. The van der Waals surface area contributed by atoms with Gasteiger partial charge in [-0.1, -0.05) is 26.7 Å². The second kappa shape index (κ2) is 6.44. The minimum absolute atomic E-state index is 0.000903. The van der Waals surface area contributed by atoms with E-state index in [-0.39, 0.29) is 30.0 Å². The van der Waals surface area contributed by atoms with Gasteiger partial charge in [-0.05, 0) is 37.5 Å². The van der Waals surface area contributed by atoms with Gasteiger partial charge in [-0.3, -0.25) is 4.79 Å². The van der Waals surface area contributed by atoms with E-state index in [1.54, 1.807) is 0 Å². The molecule has 6 atom stereocenters. The van der Waals surface area contributed by atoms with Gasteiger partial charge in [0.1, 0.15) is 0 Å². The Kier molecular flexibility index (Phi) is 5.08. The first-order chi connectivity index (χ1) is 9.41. The lowest BCUT2D eigenvalue weighted by molar-refractivity contribution is -0.143. The van der Waals surface area contributed by atoms with Crippen molar-refractivity contribution in [1.82, 2.24) is 4.90 Å². The number of nitrogens with two attached hydrogens (primary N) is 1. The van der Waals surface area contributed by atoms with Gasteiger partial charge in [0, 0.05) is 19.0 Å². The lowest BCUT2D eigenvalue weighted by Crippen LogP contribution is -2.51. The maximum atomic E-state index is 12.8. The molecule has 0 radical (unpaired) electrons. The van der Waals surface area contributed by atoms with E-state index >= 15 is 0 Å². The van der Waals surface area contributed by atoms with Gasteiger partial charge in [0.25, 0.3) is 0 Å². The SMILES string of the molecule is CC1CC(C)C(C(=O)N(C)C2CCCCC2O)CC1N. The van der Waals surface area contributed by atoms with E-state index in [0.717, 1.165) is 38.5 Å². The number of amides is 1. The van der Waals surface area contributed by atoms with Crippen molar-refractivity contribution in [1.29, 1.82) is 0 Å². The third-order valence-corrected chi connectivity index (χ3v) is 5.54. The predicted octanol–water partition coefficient (Wildman–Crippen LogP) is 1.76. The molecule has 6 unspecified atom stereocenters. The van der Waals surface area contributed by atoms with Crippen LogP contribution in [0.3, 0.4) is 0 Å². The number of rotatable bonds is 2. The van der Waals surface area contributed by atoms with Crippen LogP contribution in [-0.2, 0) is 4.79 Å². The van der Waals surface area contributed by atoms with Crippen molar-refractivity contribution >= 4 is 5.91 Å². The molecule has 2 rings (SSSR count). The van der Waals surface area contributed by atoms with Gasteiger partial charge in [0.05, 0.1) is 12.1 Å². The molecule has 0 aliphatic heterocycles. The van der Waals surface area contributed by atoms with Crippen LogP contribution in [0.1, 0.15) is 52.4 Å². The van der Waals surface area contributed by atoms with Crippen LogP contribution in [0.15, 0.2) is 0 Å². The van der Waals surface area contributed by atoms with E-state index in [1.165, 1.54) is 0 Å². The molecule has 2 saturated carbocycles. The molecule has 2 fully saturated rings. The minimum Gasteiger partial charge on any atom is -0.391 e. The van der Waals surface area contributed by atoms with E-state index in [2.05, 4.69) is 13.8 Å². The average Bonchev–Trinajstić information content (AvgIpc) is 2.42. The number of carbonyl (C=O) groups excluding carboxylic acids is 1. The van der Waals surface area contributed by atoms with Gasteiger partial charge in [-0.25, -0.2) is 0 Å². The lowest BCUT2D eigenvalue weighted by Gasteiger charge is -2.41. The van der Waals surface area contributed by atoms with E-state index in [4.69, 9.17) is 5.73 Å². The molecule has 0 aromatic rings. The standard InChI is InChI=1S/C16H30N2O2/c1-10-8-11(2)13(17)9-12(10)16(20)18(3)14-6-4-5-7-15(14)19/h10-15,19H,4-9,17H2,1-3H3. The van der Waals surface area contributed by atoms with Crippen LogP contribution < -0.4 is 5.73 Å². The highest BCUT2D eigenvalue weighted by molar-refractivity contribution is 5.79. The number of nitrogens with zero attached hydrogens (tertiary/aromatic N) is 1. The summed E-state index contributed by atoms with van der Waals surface area (Å²) >= 11 is 0. The molecule has 0 heterocycles. The van der Waals surface area contributed by atoms with Crippen molar-refractivity contribution in [3.05, 3.63) is 0 Å². The van der Waals surface area contributed by atoms with Gasteiger partial charge < -0.3 is 15.7 Å². The Bertz CT molecular complexity index is 347. The van der Waals surface area contributed by atoms with Crippen LogP contribution in [0.2, 0.25) is 0 Å².